The summed E-state index contributed by atoms with van der Waals surface area (Å²) >= 11 is 5.78. The third-order valence-electron chi connectivity index (χ3n) is 3.76. The number of likely N-dealkylation sites (tertiary alicyclic amines) is 1. The molecule has 1 fully saturated rings. The summed E-state index contributed by atoms with van der Waals surface area (Å²) in [7, 11) is 0. The maximum Gasteiger partial charge on any atom is 0.321 e. The molecule has 1 aromatic carbocycles. The van der Waals surface area contributed by atoms with Gasteiger partial charge in [-0.25, -0.2) is 9.18 Å². The zero-order valence-electron chi connectivity index (χ0n) is 11.9. The van der Waals surface area contributed by atoms with Crippen LogP contribution in [0.15, 0.2) is 36.7 Å². The monoisotopic (exact) mass is 322 g/mol. The number of aromatic nitrogens is 2. The fourth-order valence-electron chi connectivity index (χ4n) is 2.66. The number of urea groups is 1. The Balaban J connectivity index is 1.58. The van der Waals surface area contributed by atoms with Gasteiger partial charge in [-0.05, 0) is 37.1 Å². The molecule has 2 heterocycles. The minimum absolute atomic E-state index is 0.236. The van der Waals surface area contributed by atoms with Gasteiger partial charge in [-0.3, -0.25) is 4.68 Å². The molecule has 0 aliphatic carbocycles. The summed E-state index contributed by atoms with van der Waals surface area (Å²) in [6.45, 7) is 1.28. The van der Waals surface area contributed by atoms with Gasteiger partial charge in [-0.1, -0.05) is 11.6 Å². The van der Waals surface area contributed by atoms with Gasteiger partial charge in [-0.15, -0.1) is 0 Å². The lowest BCUT2D eigenvalue weighted by Gasteiger charge is -2.32. The third-order valence-corrected chi connectivity index (χ3v) is 3.98. The van der Waals surface area contributed by atoms with E-state index in [1.807, 2.05) is 16.9 Å². The van der Waals surface area contributed by atoms with Crippen LogP contribution in [0.1, 0.15) is 18.9 Å². The minimum atomic E-state index is -0.472. The number of carbonyl (C=O) groups is 1. The number of carbonyl (C=O) groups excluding carboxylic acids is 1. The standard InChI is InChI=1S/C15H16ClFN4O/c16-11-8-12(17)10-13(9-11)19-15(22)20-6-2-14(3-7-20)21-5-1-4-18-21/h1,4-5,8-10,14H,2-3,6-7H2,(H,19,22). The summed E-state index contributed by atoms with van der Waals surface area (Å²) in [6.07, 6.45) is 5.39. The van der Waals surface area contributed by atoms with Crippen molar-refractivity contribution in [2.75, 3.05) is 18.4 Å². The number of piperidine rings is 1. The largest absolute Gasteiger partial charge is 0.324 e. The molecule has 22 heavy (non-hydrogen) atoms. The Morgan fingerprint density at radius 3 is 2.73 bits per heavy atom. The van der Waals surface area contributed by atoms with Crippen molar-refractivity contribution in [1.29, 1.82) is 0 Å². The SMILES string of the molecule is O=C(Nc1cc(F)cc(Cl)c1)N1CCC(n2cccn2)CC1. The molecule has 7 heteroatoms. The molecule has 1 N–H and O–H groups in total. The van der Waals surface area contributed by atoms with Crippen LogP contribution in [0.25, 0.3) is 0 Å². The van der Waals surface area contributed by atoms with Gasteiger partial charge in [0.2, 0.25) is 0 Å². The second-order valence-corrected chi connectivity index (χ2v) is 5.73. The van der Waals surface area contributed by atoms with Crippen molar-refractivity contribution < 1.29 is 9.18 Å². The minimum Gasteiger partial charge on any atom is -0.324 e. The Morgan fingerprint density at radius 2 is 2.09 bits per heavy atom. The van der Waals surface area contributed by atoms with Gasteiger partial charge >= 0.3 is 6.03 Å². The van der Waals surface area contributed by atoms with Gasteiger partial charge in [-0.2, -0.15) is 5.10 Å². The number of hydrogen-bond donors (Lipinski definition) is 1. The topological polar surface area (TPSA) is 50.2 Å². The first-order valence-corrected chi connectivity index (χ1v) is 7.51. The predicted octanol–water partition coefficient (Wildman–Crippen LogP) is 3.54. The summed E-state index contributed by atoms with van der Waals surface area (Å²) in [4.78, 5) is 13.9. The fraction of sp³-hybridized carbons (Fsp3) is 0.333. The molecule has 5 nitrogen and oxygen atoms in total. The van der Waals surface area contributed by atoms with Crippen LogP contribution in [-0.2, 0) is 0 Å². The zero-order chi connectivity index (χ0) is 15.5. The van der Waals surface area contributed by atoms with Crippen molar-refractivity contribution >= 4 is 23.3 Å². The second-order valence-electron chi connectivity index (χ2n) is 5.29. The first-order valence-electron chi connectivity index (χ1n) is 7.13. The van der Waals surface area contributed by atoms with Crippen molar-refractivity contribution in [3.8, 4) is 0 Å². The number of amides is 2. The molecule has 116 valence electrons. The molecule has 1 aliphatic heterocycles. The van der Waals surface area contributed by atoms with Crippen LogP contribution in [0.4, 0.5) is 14.9 Å². The lowest BCUT2D eigenvalue weighted by atomic mass is 10.1. The number of halogens is 2. The Kier molecular flexibility index (Phi) is 4.29. The van der Waals surface area contributed by atoms with Gasteiger partial charge in [0.25, 0.3) is 0 Å². The van der Waals surface area contributed by atoms with E-state index in [1.54, 1.807) is 11.1 Å². The summed E-state index contributed by atoms with van der Waals surface area (Å²) in [5.41, 5.74) is 0.365. The summed E-state index contributed by atoms with van der Waals surface area (Å²) in [6, 6.07) is 5.96. The van der Waals surface area contributed by atoms with Crippen LogP contribution in [0, 0.1) is 5.82 Å². The van der Waals surface area contributed by atoms with Gasteiger partial charge in [0.1, 0.15) is 5.82 Å². The first-order chi connectivity index (χ1) is 10.6. The highest BCUT2D eigenvalue weighted by Gasteiger charge is 2.24. The van der Waals surface area contributed by atoms with Crippen molar-refractivity contribution in [2.45, 2.75) is 18.9 Å². The molecule has 0 atom stereocenters. The van der Waals surface area contributed by atoms with E-state index in [9.17, 15) is 9.18 Å². The summed E-state index contributed by atoms with van der Waals surface area (Å²) < 4.78 is 15.2. The average Bonchev–Trinajstić information content (AvgIpc) is 3.00. The maximum atomic E-state index is 13.3. The molecule has 3 rings (SSSR count). The number of hydrogen-bond acceptors (Lipinski definition) is 2. The molecule has 1 aliphatic rings. The molecular weight excluding hydrogens is 307 g/mol. The predicted molar refractivity (Wildman–Crippen MR) is 82.5 cm³/mol. The van der Waals surface area contributed by atoms with Crippen molar-refractivity contribution in [3.05, 3.63) is 47.5 Å². The lowest BCUT2D eigenvalue weighted by molar-refractivity contribution is 0.180. The van der Waals surface area contributed by atoms with Crippen LogP contribution < -0.4 is 5.32 Å². The Labute approximate surface area is 132 Å². The highest BCUT2D eigenvalue weighted by Crippen LogP contribution is 2.23. The highest BCUT2D eigenvalue weighted by molar-refractivity contribution is 6.30. The zero-order valence-corrected chi connectivity index (χ0v) is 12.6. The van der Waals surface area contributed by atoms with E-state index in [0.29, 0.717) is 24.8 Å². The molecule has 0 radical (unpaired) electrons. The molecule has 1 aromatic heterocycles. The quantitative estimate of drug-likeness (QED) is 0.919. The van der Waals surface area contributed by atoms with Crippen molar-refractivity contribution in [3.63, 3.8) is 0 Å². The fourth-order valence-corrected chi connectivity index (χ4v) is 2.88. The molecule has 0 unspecified atom stereocenters. The van der Waals surface area contributed by atoms with E-state index >= 15 is 0 Å². The third kappa shape index (κ3) is 3.39. The smallest absolute Gasteiger partial charge is 0.321 e. The number of rotatable bonds is 2. The van der Waals surface area contributed by atoms with E-state index in [-0.39, 0.29) is 11.1 Å². The molecule has 0 bridgehead atoms. The molecule has 0 saturated carbocycles. The first kappa shape index (κ1) is 14.8. The second kappa shape index (κ2) is 6.36. The van der Waals surface area contributed by atoms with Crippen LogP contribution in [0.3, 0.4) is 0 Å². The van der Waals surface area contributed by atoms with Gasteiger partial charge in [0.05, 0.1) is 6.04 Å². The molecule has 0 spiro atoms. The Morgan fingerprint density at radius 1 is 1.32 bits per heavy atom. The van der Waals surface area contributed by atoms with Gasteiger partial charge in [0, 0.05) is 36.2 Å². The Bertz CT molecular complexity index is 633. The van der Waals surface area contributed by atoms with Crippen LogP contribution >= 0.6 is 11.6 Å². The normalized spacial score (nSPS) is 15.8. The maximum absolute atomic E-state index is 13.3. The Hall–Kier alpha value is -2.08. The molecule has 2 aromatic rings. The van der Waals surface area contributed by atoms with E-state index in [4.69, 9.17) is 11.6 Å². The highest BCUT2D eigenvalue weighted by atomic mass is 35.5. The van der Waals surface area contributed by atoms with Crippen LogP contribution in [0.5, 0.6) is 0 Å². The van der Waals surface area contributed by atoms with Gasteiger partial charge < -0.3 is 10.2 Å². The summed E-state index contributed by atoms with van der Waals surface area (Å²) in [5.74, 6) is -0.472. The molecular formula is C15H16ClFN4O. The number of nitrogens with zero attached hydrogens (tertiary/aromatic N) is 3. The van der Waals surface area contributed by atoms with E-state index in [2.05, 4.69) is 10.4 Å². The van der Waals surface area contributed by atoms with Crippen molar-refractivity contribution in [2.24, 2.45) is 0 Å². The van der Waals surface area contributed by atoms with E-state index < -0.39 is 5.82 Å². The number of nitrogens with one attached hydrogen (secondary N) is 1. The van der Waals surface area contributed by atoms with E-state index in [1.165, 1.54) is 18.2 Å². The lowest BCUT2D eigenvalue weighted by Crippen LogP contribution is -2.41. The average molecular weight is 323 g/mol. The van der Waals surface area contributed by atoms with Crippen LogP contribution in [0.2, 0.25) is 5.02 Å². The summed E-state index contributed by atoms with van der Waals surface area (Å²) in [5, 5.41) is 7.18. The number of anilines is 1. The van der Waals surface area contributed by atoms with Crippen molar-refractivity contribution in [1.82, 2.24) is 14.7 Å². The number of benzene rings is 1. The van der Waals surface area contributed by atoms with Gasteiger partial charge in [0.15, 0.2) is 0 Å². The van der Waals surface area contributed by atoms with Crippen LogP contribution in [-0.4, -0.2) is 33.8 Å². The molecule has 1 saturated heterocycles. The van der Waals surface area contributed by atoms with E-state index in [0.717, 1.165) is 12.8 Å². The molecule has 2 amide bonds.